The number of halogens is 1. The SMILES string of the molecule is CO/C=C(/C(=O)O)c1ccccc1/C=C/C=C/c1cccc(Cl)c1. The molecule has 24 heavy (non-hydrogen) atoms. The van der Waals surface area contributed by atoms with Gasteiger partial charge in [0.25, 0.3) is 0 Å². The van der Waals surface area contributed by atoms with Gasteiger partial charge in [-0.3, -0.25) is 0 Å². The first kappa shape index (κ1) is 17.6. The van der Waals surface area contributed by atoms with Crippen LogP contribution >= 0.6 is 11.6 Å². The second kappa shape index (κ2) is 8.75. The number of ether oxygens (including phenoxy) is 1. The van der Waals surface area contributed by atoms with E-state index in [1.807, 2.05) is 60.7 Å². The standard InChI is InChI=1S/C20H17ClO3/c1-24-14-19(20(22)23)18-12-5-4-10-16(18)9-3-2-7-15-8-6-11-17(21)13-15/h2-14H,1H3,(H,22,23)/b7-2+,9-3+,19-14+. The summed E-state index contributed by atoms with van der Waals surface area (Å²) in [5.41, 5.74) is 2.49. The molecule has 1 N–H and O–H groups in total. The molecule has 122 valence electrons. The van der Waals surface area contributed by atoms with E-state index in [1.54, 1.807) is 12.1 Å². The van der Waals surface area contributed by atoms with Gasteiger partial charge in [0.15, 0.2) is 0 Å². The van der Waals surface area contributed by atoms with E-state index in [9.17, 15) is 9.90 Å². The molecule has 0 radical (unpaired) electrons. The fraction of sp³-hybridized carbons (Fsp3) is 0.0500. The maximum atomic E-state index is 11.4. The highest BCUT2D eigenvalue weighted by Gasteiger charge is 2.13. The summed E-state index contributed by atoms with van der Waals surface area (Å²) < 4.78 is 4.88. The van der Waals surface area contributed by atoms with Gasteiger partial charge in [-0.1, -0.05) is 72.3 Å². The van der Waals surface area contributed by atoms with E-state index in [0.29, 0.717) is 10.6 Å². The van der Waals surface area contributed by atoms with Crippen molar-refractivity contribution in [2.24, 2.45) is 0 Å². The van der Waals surface area contributed by atoms with E-state index < -0.39 is 5.97 Å². The summed E-state index contributed by atoms with van der Waals surface area (Å²) in [6.07, 6.45) is 8.74. The zero-order valence-corrected chi connectivity index (χ0v) is 13.9. The largest absolute Gasteiger partial charge is 0.503 e. The van der Waals surface area contributed by atoms with E-state index in [1.165, 1.54) is 13.4 Å². The van der Waals surface area contributed by atoms with Gasteiger partial charge < -0.3 is 9.84 Å². The lowest BCUT2D eigenvalue weighted by atomic mass is 10.00. The summed E-state index contributed by atoms with van der Waals surface area (Å²) in [5.74, 6) is -1.04. The van der Waals surface area contributed by atoms with Crippen molar-refractivity contribution in [3.63, 3.8) is 0 Å². The third kappa shape index (κ3) is 4.86. The molecule has 0 spiro atoms. The van der Waals surface area contributed by atoms with Crippen LogP contribution in [0.5, 0.6) is 0 Å². The van der Waals surface area contributed by atoms with Crippen molar-refractivity contribution in [3.8, 4) is 0 Å². The summed E-state index contributed by atoms with van der Waals surface area (Å²) in [7, 11) is 1.43. The molecule has 2 aromatic rings. The number of carboxylic acids is 1. The number of benzene rings is 2. The Morgan fingerprint density at radius 3 is 2.54 bits per heavy atom. The van der Waals surface area contributed by atoms with Crippen molar-refractivity contribution in [1.82, 2.24) is 0 Å². The van der Waals surface area contributed by atoms with E-state index in [-0.39, 0.29) is 5.57 Å². The molecule has 0 fully saturated rings. The molecule has 0 unspecified atom stereocenters. The number of hydrogen-bond donors (Lipinski definition) is 1. The molecule has 0 aliphatic rings. The summed E-state index contributed by atoms with van der Waals surface area (Å²) >= 11 is 5.94. The molecule has 3 nitrogen and oxygen atoms in total. The van der Waals surface area contributed by atoms with Crippen LogP contribution in [0.25, 0.3) is 17.7 Å². The molecule has 0 aliphatic carbocycles. The van der Waals surface area contributed by atoms with Crippen LogP contribution in [0, 0.1) is 0 Å². The zero-order chi connectivity index (χ0) is 17.4. The number of carboxylic acid groups (broad SMARTS) is 1. The van der Waals surface area contributed by atoms with Gasteiger partial charge >= 0.3 is 5.97 Å². The Bertz CT molecular complexity index is 804. The summed E-state index contributed by atoms with van der Waals surface area (Å²) in [5, 5.41) is 10.0. The van der Waals surface area contributed by atoms with Crippen molar-refractivity contribution in [1.29, 1.82) is 0 Å². The molecule has 0 aromatic heterocycles. The van der Waals surface area contributed by atoms with Crippen LogP contribution in [0.15, 0.2) is 66.9 Å². The Balaban J connectivity index is 2.24. The molecule has 0 aliphatic heterocycles. The first-order valence-electron chi connectivity index (χ1n) is 7.28. The minimum absolute atomic E-state index is 0.108. The minimum Gasteiger partial charge on any atom is -0.503 e. The Morgan fingerprint density at radius 2 is 1.83 bits per heavy atom. The van der Waals surface area contributed by atoms with Gasteiger partial charge in [-0.2, -0.15) is 0 Å². The minimum atomic E-state index is -1.04. The van der Waals surface area contributed by atoms with Gasteiger partial charge in [0.1, 0.15) is 5.57 Å². The molecular formula is C20H17ClO3. The van der Waals surface area contributed by atoms with E-state index in [2.05, 4.69) is 0 Å². The molecule has 0 amide bonds. The number of methoxy groups -OCH3 is 1. The maximum Gasteiger partial charge on any atom is 0.339 e. The normalized spacial score (nSPS) is 12.0. The molecule has 0 bridgehead atoms. The van der Waals surface area contributed by atoms with E-state index >= 15 is 0 Å². The fourth-order valence-electron chi connectivity index (χ4n) is 2.17. The van der Waals surface area contributed by atoms with Gasteiger partial charge in [0.2, 0.25) is 0 Å². The Hall–Kier alpha value is -2.78. The van der Waals surface area contributed by atoms with Crippen molar-refractivity contribution < 1.29 is 14.6 Å². The summed E-state index contributed by atoms with van der Waals surface area (Å²) in [4.78, 5) is 11.4. The Labute approximate surface area is 146 Å². The molecule has 0 heterocycles. The number of hydrogen-bond acceptors (Lipinski definition) is 2. The molecule has 0 saturated heterocycles. The first-order valence-corrected chi connectivity index (χ1v) is 7.65. The van der Waals surface area contributed by atoms with Crippen molar-refractivity contribution in [2.45, 2.75) is 0 Å². The van der Waals surface area contributed by atoms with Crippen LogP contribution in [-0.2, 0) is 9.53 Å². The number of aliphatic carboxylic acids is 1. The predicted molar refractivity (Wildman–Crippen MR) is 98.6 cm³/mol. The second-order valence-corrected chi connectivity index (χ2v) is 5.37. The smallest absolute Gasteiger partial charge is 0.339 e. The second-order valence-electron chi connectivity index (χ2n) is 4.93. The zero-order valence-electron chi connectivity index (χ0n) is 13.1. The van der Waals surface area contributed by atoms with Crippen LogP contribution in [-0.4, -0.2) is 18.2 Å². The highest BCUT2D eigenvalue weighted by Crippen LogP contribution is 2.21. The first-order chi connectivity index (χ1) is 11.6. The van der Waals surface area contributed by atoms with Gasteiger partial charge in [-0.15, -0.1) is 0 Å². The van der Waals surface area contributed by atoms with Crippen LogP contribution in [0.1, 0.15) is 16.7 Å². The topological polar surface area (TPSA) is 46.5 Å². The Kier molecular flexibility index (Phi) is 6.41. The van der Waals surface area contributed by atoms with Gasteiger partial charge in [0, 0.05) is 5.02 Å². The highest BCUT2D eigenvalue weighted by molar-refractivity contribution is 6.30. The molecule has 0 saturated carbocycles. The molecular weight excluding hydrogens is 324 g/mol. The van der Waals surface area contributed by atoms with E-state index in [0.717, 1.165) is 11.1 Å². The van der Waals surface area contributed by atoms with Crippen LogP contribution < -0.4 is 0 Å². The Morgan fingerprint density at radius 1 is 1.08 bits per heavy atom. The highest BCUT2D eigenvalue weighted by atomic mass is 35.5. The lowest BCUT2D eigenvalue weighted by Gasteiger charge is -2.06. The van der Waals surface area contributed by atoms with Crippen molar-refractivity contribution >= 4 is 35.3 Å². The lowest BCUT2D eigenvalue weighted by Crippen LogP contribution is -2.02. The average molecular weight is 341 g/mol. The lowest BCUT2D eigenvalue weighted by molar-refractivity contribution is -0.130. The molecule has 2 rings (SSSR count). The van der Waals surface area contributed by atoms with Crippen LogP contribution in [0.4, 0.5) is 0 Å². The van der Waals surface area contributed by atoms with Crippen LogP contribution in [0.3, 0.4) is 0 Å². The summed E-state index contributed by atoms with van der Waals surface area (Å²) in [6, 6.07) is 14.8. The summed E-state index contributed by atoms with van der Waals surface area (Å²) in [6.45, 7) is 0. The molecule has 4 heteroatoms. The number of carbonyl (C=O) groups is 1. The fourth-order valence-corrected chi connectivity index (χ4v) is 2.37. The van der Waals surface area contributed by atoms with Crippen LogP contribution in [0.2, 0.25) is 5.02 Å². The molecule has 2 aromatic carbocycles. The maximum absolute atomic E-state index is 11.4. The van der Waals surface area contributed by atoms with Crippen molar-refractivity contribution in [2.75, 3.05) is 7.11 Å². The van der Waals surface area contributed by atoms with Gasteiger partial charge in [0.05, 0.1) is 13.4 Å². The average Bonchev–Trinajstić information content (AvgIpc) is 2.57. The number of rotatable bonds is 6. The predicted octanol–water partition coefficient (Wildman–Crippen LogP) is 5.14. The van der Waals surface area contributed by atoms with E-state index in [4.69, 9.17) is 16.3 Å². The van der Waals surface area contributed by atoms with Gasteiger partial charge in [-0.05, 0) is 28.8 Å². The third-order valence-corrected chi connectivity index (χ3v) is 3.48. The van der Waals surface area contributed by atoms with Crippen molar-refractivity contribution in [3.05, 3.63) is 88.7 Å². The molecule has 0 atom stereocenters. The number of allylic oxidation sites excluding steroid dienone is 2. The quantitative estimate of drug-likeness (QED) is 0.450. The monoisotopic (exact) mass is 340 g/mol. The van der Waals surface area contributed by atoms with Gasteiger partial charge in [-0.25, -0.2) is 4.79 Å². The third-order valence-electron chi connectivity index (χ3n) is 3.24.